The van der Waals surface area contributed by atoms with Gasteiger partial charge in [0.05, 0.1) is 17.2 Å². The number of hydrogen-bond donors (Lipinski definition) is 1. The maximum absolute atomic E-state index is 5.14. The van der Waals surface area contributed by atoms with Gasteiger partial charge in [-0.15, -0.1) is 11.3 Å². The first kappa shape index (κ1) is 13.6. The van der Waals surface area contributed by atoms with Crippen molar-refractivity contribution in [2.45, 2.75) is 32.7 Å². The fraction of sp³-hybridized carbons (Fsp3) is 0.750. The van der Waals surface area contributed by atoms with Crippen molar-refractivity contribution in [1.29, 1.82) is 0 Å². The smallest absolute Gasteiger partial charge is 0.0795 e. The van der Waals surface area contributed by atoms with Crippen molar-refractivity contribution in [1.82, 2.24) is 10.3 Å². The molecule has 0 fully saturated rings. The van der Waals surface area contributed by atoms with Gasteiger partial charge in [-0.05, 0) is 25.3 Å². The molecule has 2 atom stereocenters. The van der Waals surface area contributed by atoms with Gasteiger partial charge in [0, 0.05) is 19.1 Å². The van der Waals surface area contributed by atoms with Gasteiger partial charge in [-0.3, -0.25) is 0 Å². The second kappa shape index (κ2) is 7.76. The Morgan fingerprint density at radius 1 is 1.56 bits per heavy atom. The lowest BCUT2D eigenvalue weighted by atomic mass is 9.96. The van der Waals surface area contributed by atoms with Crippen LogP contribution in [0.5, 0.6) is 0 Å². The largest absolute Gasteiger partial charge is 0.385 e. The molecule has 0 aromatic carbocycles. The van der Waals surface area contributed by atoms with Gasteiger partial charge < -0.3 is 10.1 Å². The van der Waals surface area contributed by atoms with Gasteiger partial charge in [0.15, 0.2) is 0 Å². The molecule has 0 radical (unpaired) electrons. The van der Waals surface area contributed by atoms with Crippen LogP contribution in [0, 0.1) is 5.92 Å². The molecule has 4 heteroatoms. The first-order chi connectivity index (χ1) is 7.79. The van der Waals surface area contributed by atoms with Gasteiger partial charge in [0.2, 0.25) is 0 Å². The van der Waals surface area contributed by atoms with Crippen molar-refractivity contribution in [2.24, 2.45) is 5.92 Å². The first-order valence-corrected chi connectivity index (χ1v) is 6.84. The highest BCUT2D eigenvalue weighted by atomic mass is 32.1. The van der Waals surface area contributed by atoms with Crippen LogP contribution in [-0.4, -0.2) is 25.2 Å². The predicted molar refractivity (Wildman–Crippen MR) is 68.8 cm³/mol. The standard InChI is InChI=1S/C12H22N2OS/c1-4-6-13-12(10(2)5-7-15-3)11-8-16-9-14-11/h8-10,12-13H,4-7H2,1-3H3. The molecule has 1 heterocycles. The topological polar surface area (TPSA) is 34.2 Å². The molecule has 2 unspecified atom stereocenters. The Labute approximate surface area is 102 Å². The monoisotopic (exact) mass is 242 g/mol. The fourth-order valence-corrected chi connectivity index (χ4v) is 2.33. The zero-order chi connectivity index (χ0) is 11.8. The average Bonchev–Trinajstić information content (AvgIpc) is 2.80. The summed E-state index contributed by atoms with van der Waals surface area (Å²) in [4.78, 5) is 4.41. The highest BCUT2D eigenvalue weighted by Gasteiger charge is 2.19. The molecule has 16 heavy (non-hydrogen) atoms. The van der Waals surface area contributed by atoms with Crippen LogP contribution in [0.2, 0.25) is 0 Å². The third-order valence-corrected chi connectivity index (χ3v) is 3.34. The summed E-state index contributed by atoms with van der Waals surface area (Å²) in [5.74, 6) is 0.550. The van der Waals surface area contributed by atoms with Gasteiger partial charge in [-0.1, -0.05) is 13.8 Å². The summed E-state index contributed by atoms with van der Waals surface area (Å²) < 4.78 is 5.14. The quantitative estimate of drug-likeness (QED) is 0.761. The van der Waals surface area contributed by atoms with E-state index in [0.717, 1.165) is 26.0 Å². The molecule has 1 rings (SSSR count). The average molecular weight is 242 g/mol. The van der Waals surface area contributed by atoms with E-state index in [1.54, 1.807) is 18.4 Å². The van der Waals surface area contributed by atoms with Crippen LogP contribution in [0.25, 0.3) is 0 Å². The minimum absolute atomic E-state index is 0.362. The van der Waals surface area contributed by atoms with E-state index in [4.69, 9.17) is 4.74 Å². The van der Waals surface area contributed by atoms with E-state index in [-0.39, 0.29) is 0 Å². The van der Waals surface area contributed by atoms with Crippen LogP contribution in [0.1, 0.15) is 38.4 Å². The number of thiazole rings is 1. The lowest BCUT2D eigenvalue weighted by Crippen LogP contribution is -2.28. The van der Waals surface area contributed by atoms with Crippen molar-refractivity contribution in [3.63, 3.8) is 0 Å². The lowest BCUT2D eigenvalue weighted by Gasteiger charge is -2.23. The van der Waals surface area contributed by atoms with Gasteiger partial charge >= 0.3 is 0 Å². The maximum atomic E-state index is 5.14. The van der Waals surface area contributed by atoms with Crippen LogP contribution >= 0.6 is 11.3 Å². The summed E-state index contributed by atoms with van der Waals surface area (Å²) in [6.45, 7) is 6.30. The molecule has 3 nitrogen and oxygen atoms in total. The molecule has 1 N–H and O–H groups in total. The highest BCUT2D eigenvalue weighted by molar-refractivity contribution is 7.07. The Morgan fingerprint density at radius 3 is 2.94 bits per heavy atom. The van der Waals surface area contributed by atoms with Gasteiger partial charge in [0.25, 0.3) is 0 Å². The normalized spacial score (nSPS) is 14.9. The van der Waals surface area contributed by atoms with E-state index in [2.05, 4.69) is 29.5 Å². The number of rotatable bonds is 8. The van der Waals surface area contributed by atoms with E-state index in [9.17, 15) is 0 Å². The zero-order valence-corrected chi connectivity index (χ0v) is 11.2. The number of nitrogens with one attached hydrogen (secondary N) is 1. The van der Waals surface area contributed by atoms with Crippen LogP contribution < -0.4 is 5.32 Å². The summed E-state index contributed by atoms with van der Waals surface area (Å²) in [6.07, 6.45) is 2.22. The zero-order valence-electron chi connectivity index (χ0n) is 10.4. The lowest BCUT2D eigenvalue weighted by molar-refractivity contribution is 0.169. The molecule has 92 valence electrons. The Morgan fingerprint density at radius 2 is 2.38 bits per heavy atom. The number of ether oxygens (including phenoxy) is 1. The van der Waals surface area contributed by atoms with Crippen LogP contribution in [0.4, 0.5) is 0 Å². The molecule has 0 bridgehead atoms. The Kier molecular flexibility index (Phi) is 6.61. The maximum Gasteiger partial charge on any atom is 0.0795 e. The molecule has 0 saturated heterocycles. The van der Waals surface area contributed by atoms with E-state index in [1.165, 1.54) is 5.69 Å². The minimum atomic E-state index is 0.362. The SMILES string of the molecule is CCCNC(c1cscn1)C(C)CCOC. The molecule has 0 spiro atoms. The van der Waals surface area contributed by atoms with Crippen molar-refractivity contribution in [3.05, 3.63) is 16.6 Å². The molecular weight excluding hydrogens is 220 g/mol. The first-order valence-electron chi connectivity index (χ1n) is 5.90. The van der Waals surface area contributed by atoms with E-state index < -0.39 is 0 Å². The fourth-order valence-electron chi connectivity index (χ4n) is 1.74. The molecule has 0 aliphatic rings. The molecule has 0 saturated carbocycles. The van der Waals surface area contributed by atoms with Crippen molar-refractivity contribution >= 4 is 11.3 Å². The van der Waals surface area contributed by atoms with Gasteiger partial charge in [-0.2, -0.15) is 0 Å². The van der Waals surface area contributed by atoms with E-state index in [1.807, 2.05) is 5.51 Å². The minimum Gasteiger partial charge on any atom is -0.385 e. The molecule has 0 aliphatic carbocycles. The molecule has 0 amide bonds. The van der Waals surface area contributed by atoms with Crippen molar-refractivity contribution in [3.8, 4) is 0 Å². The summed E-state index contributed by atoms with van der Waals surface area (Å²) >= 11 is 1.66. The van der Waals surface area contributed by atoms with Gasteiger partial charge in [-0.25, -0.2) is 4.98 Å². The molecule has 1 aromatic heterocycles. The Bertz CT molecular complexity index is 264. The molecule has 1 aromatic rings. The second-order valence-electron chi connectivity index (χ2n) is 4.10. The third-order valence-electron chi connectivity index (χ3n) is 2.73. The van der Waals surface area contributed by atoms with Crippen LogP contribution in [0.15, 0.2) is 10.9 Å². The third kappa shape index (κ3) is 4.20. The van der Waals surface area contributed by atoms with E-state index in [0.29, 0.717) is 12.0 Å². The summed E-state index contributed by atoms with van der Waals surface area (Å²) in [6, 6.07) is 0.362. The van der Waals surface area contributed by atoms with Crippen molar-refractivity contribution in [2.75, 3.05) is 20.3 Å². The van der Waals surface area contributed by atoms with Gasteiger partial charge in [0.1, 0.15) is 0 Å². The highest BCUT2D eigenvalue weighted by Crippen LogP contribution is 2.24. The number of aromatic nitrogens is 1. The summed E-state index contributed by atoms with van der Waals surface area (Å²) in [5.41, 5.74) is 3.07. The number of hydrogen-bond acceptors (Lipinski definition) is 4. The van der Waals surface area contributed by atoms with E-state index >= 15 is 0 Å². The number of nitrogens with zero attached hydrogens (tertiary/aromatic N) is 1. The molecule has 0 aliphatic heterocycles. The summed E-state index contributed by atoms with van der Waals surface area (Å²) in [5, 5.41) is 5.70. The van der Waals surface area contributed by atoms with Crippen LogP contribution in [-0.2, 0) is 4.74 Å². The van der Waals surface area contributed by atoms with Crippen molar-refractivity contribution < 1.29 is 4.74 Å². The second-order valence-corrected chi connectivity index (χ2v) is 4.82. The Hall–Kier alpha value is -0.450. The van der Waals surface area contributed by atoms with Crippen LogP contribution in [0.3, 0.4) is 0 Å². The summed E-state index contributed by atoms with van der Waals surface area (Å²) in [7, 11) is 1.75. The molecular formula is C12H22N2OS. The number of methoxy groups -OCH3 is 1. The predicted octanol–water partition coefficient (Wildman–Crippen LogP) is 2.86. The Balaban J connectivity index is 2.56.